The lowest BCUT2D eigenvalue weighted by molar-refractivity contribution is -0.144. The normalized spacial score (nSPS) is 19.7. The second-order valence-electron chi connectivity index (χ2n) is 17.1. The molecule has 6 heterocycles. The van der Waals surface area contributed by atoms with Crippen molar-refractivity contribution in [3.8, 4) is 17.2 Å². The molecule has 0 unspecified atom stereocenters. The van der Waals surface area contributed by atoms with Crippen molar-refractivity contribution in [2.24, 2.45) is 0 Å². The van der Waals surface area contributed by atoms with Gasteiger partial charge in [-0.1, -0.05) is 31.9 Å². The van der Waals surface area contributed by atoms with E-state index in [1.807, 2.05) is 41.3 Å². The van der Waals surface area contributed by atoms with Crippen LogP contribution in [0.25, 0.3) is 0 Å². The molecule has 17 heteroatoms. The van der Waals surface area contributed by atoms with Gasteiger partial charge in [-0.2, -0.15) is 0 Å². The molecule has 3 spiro atoms. The monoisotopic (exact) mass is 1040 g/mol. The van der Waals surface area contributed by atoms with E-state index in [0.29, 0.717) is 128 Å². The van der Waals surface area contributed by atoms with E-state index in [2.05, 4.69) is 31.9 Å². The SMILES string of the molecule is COCCCCN1C(=O)C2(CCOCC2)Oc2ccc(Br)cc21.COCCCCN1C(=O)C2(CCOCC2)Oc2ccc(C(=O)OC)cc21.O=C1Cc2cc(Br)ccc2OC12CCOCC2. The fraction of sp³-hybridized carbons (Fsp3) is 0.551. The van der Waals surface area contributed by atoms with Crippen molar-refractivity contribution in [3.05, 3.63) is 74.7 Å². The Morgan fingerprint density at radius 2 is 1.02 bits per heavy atom. The largest absolute Gasteiger partial charge is 0.479 e. The first-order valence-corrected chi connectivity index (χ1v) is 24.3. The maximum absolute atomic E-state index is 13.3. The summed E-state index contributed by atoms with van der Waals surface area (Å²) in [6.07, 6.45) is 7.55. The van der Waals surface area contributed by atoms with E-state index in [-0.39, 0.29) is 17.6 Å². The Morgan fingerprint density at radius 1 is 0.576 bits per heavy atom. The summed E-state index contributed by atoms with van der Waals surface area (Å²) in [4.78, 5) is 54.2. The van der Waals surface area contributed by atoms with Crippen molar-refractivity contribution >= 4 is 66.8 Å². The van der Waals surface area contributed by atoms with Crippen LogP contribution in [0.15, 0.2) is 63.5 Å². The first kappa shape index (κ1) is 49.8. The first-order valence-electron chi connectivity index (χ1n) is 22.7. The Bertz CT molecular complexity index is 2190. The van der Waals surface area contributed by atoms with Gasteiger partial charge in [-0.3, -0.25) is 14.4 Å². The Kier molecular flexibility index (Phi) is 17.2. The maximum Gasteiger partial charge on any atom is 0.337 e. The second kappa shape index (κ2) is 22.8. The van der Waals surface area contributed by atoms with Crippen molar-refractivity contribution in [2.75, 3.05) is 97.1 Å². The quantitative estimate of drug-likeness (QED) is 0.135. The van der Waals surface area contributed by atoms with Crippen molar-refractivity contribution in [3.63, 3.8) is 0 Å². The number of nitrogens with zero attached hydrogens (tertiary/aromatic N) is 2. The van der Waals surface area contributed by atoms with Gasteiger partial charge in [0.25, 0.3) is 11.8 Å². The molecule has 3 fully saturated rings. The molecule has 66 heavy (non-hydrogen) atoms. The summed E-state index contributed by atoms with van der Waals surface area (Å²) in [5, 5.41) is 0. The zero-order valence-corrected chi connectivity index (χ0v) is 41.2. The smallest absolute Gasteiger partial charge is 0.337 e. The number of amides is 2. The number of benzene rings is 3. The van der Waals surface area contributed by atoms with Crippen LogP contribution in [-0.4, -0.2) is 128 Å². The van der Waals surface area contributed by atoms with Gasteiger partial charge >= 0.3 is 5.97 Å². The van der Waals surface area contributed by atoms with Crippen LogP contribution in [0, 0.1) is 0 Å². The van der Waals surface area contributed by atoms with Gasteiger partial charge in [-0.15, -0.1) is 0 Å². The number of carbonyl (C=O) groups excluding carboxylic acids is 4. The number of hydrogen-bond acceptors (Lipinski definition) is 13. The molecular weight excluding hydrogens is 984 g/mol. The molecule has 0 radical (unpaired) electrons. The number of ether oxygens (including phenoxy) is 9. The fourth-order valence-corrected chi connectivity index (χ4v) is 9.80. The topological polar surface area (TPSA) is 158 Å². The highest BCUT2D eigenvalue weighted by molar-refractivity contribution is 9.10. The molecule has 3 aromatic carbocycles. The number of ketones is 1. The molecule has 0 bridgehead atoms. The summed E-state index contributed by atoms with van der Waals surface area (Å²) in [5.74, 6) is 1.98. The lowest BCUT2D eigenvalue weighted by Crippen LogP contribution is -2.58. The Labute approximate surface area is 403 Å². The molecule has 6 aliphatic rings. The minimum Gasteiger partial charge on any atom is -0.479 e. The number of rotatable bonds is 11. The van der Waals surface area contributed by atoms with E-state index >= 15 is 0 Å². The molecule has 0 aromatic heterocycles. The molecule has 358 valence electrons. The summed E-state index contributed by atoms with van der Waals surface area (Å²) >= 11 is 6.90. The van der Waals surface area contributed by atoms with Crippen LogP contribution in [0.5, 0.6) is 17.2 Å². The van der Waals surface area contributed by atoms with Crippen LogP contribution in [-0.2, 0) is 49.2 Å². The summed E-state index contributed by atoms with van der Waals surface area (Å²) in [6, 6.07) is 16.8. The van der Waals surface area contributed by atoms with E-state index in [1.165, 1.54) is 7.11 Å². The van der Waals surface area contributed by atoms with Gasteiger partial charge in [0, 0.05) is 100.0 Å². The van der Waals surface area contributed by atoms with Crippen LogP contribution in [0.4, 0.5) is 11.4 Å². The van der Waals surface area contributed by atoms with Gasteiger partial charge < -0.3 is 52.4 Å². The lowest BCUT2D eigenvalue weighted by atomic mass is 9.83. The highest BCUT2D eigenvalue weighted by Crippen LogP contribution is 2.45. The summed E-state index contributed by atoms with van der Waals surface area (Å²) in [5.41, 5.74) is 0.568. The molecule has 3 aromatic rings. The highest BCUT2D eigenvalue weighted by atomic mass is 79.9. The molecule has 6 aliphatic heterocycles. The predicted octanol–water partition coefficient (Wildman–Crippen LogP) is 7.83. The average Bonchev–Trinajstić information content (AvgIpc) is 3.33. The van der Waals surface area contributed by atoms with Gasteiger partial charge in [0.2, 0.25) is 0 Å². The molecule has 9 rings (SSSR count). The maximum atomic E-state index is 13.3. The molecule has 15 nitrogen and oxygen atoms in total. The van der Waals surface area contributed by atoms with Crippen LogP contribution in [0.2, 0.25) is 0 Å². The van der Waals surface area contributed by atoms with Gasteiger partial charge in [-0.05, 0) is 80.3 Å². The number of hydrogen-bond donors (Lipinski definition) is 0. The Hall–Kier alpha value is -4.10. The van der Waals surface area contributed by atoms with Crippen molar-refractivity contribution < 1.29 is 61.8 Å². The van der Waals surface area contributed by atoms with Crippen LogP contribution < -0.4 is 24.0 Å². The van der Waals surface area contributed by atoms with Gasteiger partial charge in [0.05, 0.1) is 63.7 Å². The molecule has 0 aliphatic carbocycles. The standard InChI is InChI=1S/C19H25NO6.C17H22BrNO4.C13H13BrO3/c1-23-10-4-3-9-20-15-13-14(17(21)24-2)5-6-16(15)26-19(18(20)22)7-11-25-12-8-19;1-21-9-3-2-8-19-14-12-13(18)4-5-15(14)23-17(16(19)20)6-10-22-11-7-17;14-10-1-2-11-9(7-10)8-12(15)13(17-11)3-5-16-6-4-13/h5-6,13H,3-4,7-12H2,1-2H3;4-5,12H,2-3,6-11H2,1H3;1-2,7H,3-6,8H2. The van der Waals surface area contributed by atoms with E-state index < -0.39 is 22.8 Å². The Balaban J connectivity index is 0.000000150. The van der Waals surface area contributed by atoms with Crippen LogP contribution in [0.3, 0.4) is 0 Å². The number of carbonyl (C=O) groups is 4. The van der Waals surface area contributed by atoms with E-state index in [1.54, 1.807) is 37.3 Å². The highest BCUT2D eigenvalue weighted by Gasteiger charge is 2.51. The minimum atomic E-state index is -0.876. The number of fused-ring (bicyclic) bond motifs is 3. The number of esters is 1. The average molecular weight is 1040 g/mol. The zero-order chi connectivity index (χ0) is 46.7. The summed E-state index contributed by atoms with van der Waals surface area (Å²) in [7, 11) is 4.70. The van der Waals surface area contributed by atoms with Crippen LogP contribution >= 0.6 is 31.9 Å². The molecule has 0 N–H and O–H groups in total. The first-order chi connectivity index (χ1) is 32.0. The van der Waals surface area contributed by atoms with E-state index in [9.17, 15) is 19.2 Å². The van der Waals surface area contributed by atoms with Crippen molar-refractivity contribution in [1.29, 1.82) is 0 Å². The lowest BCUT2D eigenvalue weighted by Gasteiger charge is -2.44. The van der Waals surface area contributed by atoms with Gasteiger partial charge in [-0.25, -0.2) is 4.79 Å². The predicted molar refractivity (Wildman–Crippen MR) is 252 cm³/mol. The van der Waals surface area contributed by atoms with Crippen molar-refractivity contribution in [2.45, 2.75) is 87.4 Å². The van der Waals surface area contributed by atoms with Gasteiger partial charge in [0.15, 0.2) is 22.6 Å². The van der Waals surface area contributed by atoms with Gasteiger partial charge in [0.1, 0.15) is 17.2 Å². The number of Topliss-reactive ketones (excluding diaryl/α,β-unsaturated/α-hetero) is 1. The number of unbranched alkanes of at least 4 members (excludes halogenated alkanes) is 2. The third kappa shape index (κ3) is 11.3. The summed E-state index contributed by atoms with van der Waals surface area (Å²) in [6.45, 7) is 5.93. The Morgan fingerprint density at radius 3 is 1.52 bits per heavy atom. The van der Waals surface area contributed by atoms with Crippen molar-refractivity contribution in [1.82, 2.24) is 0 Å². The number of halogens is 2. The zero-order valence-electron chi connectivity index (χ0n) is 38.0. The van der Waals surface area contributed by atoms with Crippen LogP contribution in [0.1, 0.15) is 80.1 Å². The molecule has 3 saturated heterocycles. The minimum absolute atomic E-state index is 0.0591. The molecule has 0 saturated carbocycles. The third-order valence-electron chi connectivity index (χ3n) is 12.8. The number of anilines is 2. The third-order valence-corrected chi connectivity index (χ3v) is 13.8. The number of methoxy groups -OCH3 is 3. The molecular formula is C49H60Br2N2O13. The van der Waals surface area contributed by atoms with E-state index in [4.69, 9.17) is 42.6 Å². The molecule has 2 amide bonds. The molecule has 0 atom stereocenters. The fourth-order valence-electron chi connectivity index (χ4n) is 9.05. The summed E-state index contributed by atoms with van der Waals surface area (Å²) < 4.78 is 51.4. The second-order valence-corrected chi connectivity index (χ2v) is 18.9. The van der Waals surface area contributed by atoms with E-state index in [0.717, 1.165) is 57.4 Å².